The van der Waals surface area contributed by atoms with Crippen molar-refractivity contribution in [3.63, 3.8) is 0 Å². The number of hydrogen-bond donors (Lipinski definition) is 2. The SMILES string of the molecule is O=C(CCCCC[C@@]1(O)CSSC[C@@H]1O)OC1CCCSS1. The van der Waals surface area contributed by atoms with Gasteiger partial charge in [0.15, 0.2) is 5.44 Å². The molecule has 2 N–H and O–H groups in total. The molecule has 2 aliphatic heterocycles. The number of unbranched alkanes of at least 4 members (excludes halogenated alkanes) is 2. The Morgan fingerprint density at radius 2 is 2.09 bits per heavy atom. The van der Waals surface area contributed by atoms with Crippen LogP contribution in [0.1, 0.15) is 44.9 Å². The van der Waals surface area contributed by atoms with E-state index in [1.165, 1.54) is 0 Å². The highest BCUT2D eigenvalue weighted by molar-refractivity contribution is 8.77. The summed E-state index contributed by atoms with van der Waals surface area (Å²) in [7, 11) is 6.67. The van der Waals surface area contributed by atoms with Crippen molar-refractivity contribution in [1.29, 1.82) is 0 Å². The molecule has 2 saturated heterocycles. The van der Waals surface area contributed by atoms with Gasteiger partial charge in [-0.05, 0) is 36.5 Å². The first kappa shape index (κ1) is 19.1. The summed E-state index contributed by atoms with van der Waals surface area (Å²) in [5, 5.41) is 20.3. The lowest BCUT2D eigenvalue weighted by molar-refractivity contribution is -0.145. The van der Waals surface area contributed by atoms with Crippen LogP contribution in [0.15, 0.2) is 0 Å². The maximum Gasteiger partial charge on any atom is 0.306 e. The fourth-order valence-electron chi connectivity index (χ4n) is 2.39. The summed E-state index contributed by atoms with van der Waals surface area (Å²) >= 11 is 0. The highest BCUT2D eigenvalue weighted by atomic mass is 33.1. The zero-order valence-electron chi connectivity index (χ0n) is 12.6. The van der Waals surface area contributed by atoms with Crippen molar-refractivity contribution in [1.82, 2.24) is 0 Å². The second kappa shape index (κ2) is 9.93. The molecule has 2 heterocycles. The first-order valence-electron chi connectivity index (χ1n) is 7.73. The Balaban J connectivity index is 1.54. The van der Waals surface area contributed by atoms with E-state index in [1.54, 1.807) is 43.2 Å². The lowest BCUT2D eigenvalue weighted by Gasteiger charge is -2.35. The van der Waals surface area contributed by atoms with Crippen LogP contribution < -0.4 is 0 Å². The van der Waals surface area contributed by atoms with Crippen molar-refractivity contribution in [3.05, 3.63) is 0 Å². The van der Waals surface area contributed by atoms with E-state index in [0.29, 0.717) is 24.3 Å². The van der Waals surface area contributed by atoms with Crippen molar-refractivity contribution < 1.29 is 19.7 Å². The molecule has 2 aliphatic rings. The monoisotopic (exact) mass is 384 g/mol. The van der Waals surface area contributed by atoms with E-state index in [0.717, 1.165) is 37.9 Å². The molecule has 0 saturated carbocycles. The van der Waals surface area contributed by atoms with Gasteiger partial charge in [0.05, 0.1) is 6.10 Å². The van der Waals surface area contributed by atoms with Crippen LogP contribution in [0.3, 0.4) is 0 Å². The zero-order chi connectivity index (χ0) is 15.8. The van der Waals surface area contributed by atoms with E-state index in [-0.39, 0.29) is 11.4 Å². The minimum atomic E-state index is -0.952. The van der Waals surface area contributed by atoms with Crippen LogP contribution in [0.2, 0.25) is 0 Å². The number of aliphatic hydroxyl groups excluding tert-OH is 1. The minimum Gasteiger partial charge on any atom is -0.450 e. The third-order valence-corrected chi connectivity index (χ3v) is 9.02. The van der Waals surface area contributed by atoms with E-state index in [2.05, 4.69) is 0 Å². The molecule has 4 nitrogen and oxygen atoms in total. The third kappa shape index (κ3) is 6.36. The van der Waals surface area contributed by atoms with Crippen molar-refractivity contribution in [2.24, 2.45) is 0 Å². The summed E-state index contributed by atoms with van der Waals surface area (Å²) in [4.78, 5) is 11.8. The highest BCUT2D eigenvalue weighted by Crippen LogP contribution is 2.38. The normalized spacial score (nSPS) is 32.6. The van der Waals surface area contributed by atoms with Crippen LogP contribution in [-0.2, 0) is 9.53 Å². The second-order valence-corrected chi connectivity index (χ2v) is 10.9. The average molecular weight is 385 g/mol. The molecule has 8 heteroatoms. The van der Waals surface area contributed by atoms with Gasteiger partial charge in [-0.25, -0.2) is 0 Å². The van der Waals surface area contributed by atoms with E-state index >= 15 is 0 Å². The van der Waals surface area contributed by atoms with Gasteiger partial charge in [-0.15, -0.1) is 0 Å². The number of hydrogen-bond acceptors (Lipinski definition) is 8. The quantitative estimate of drug-likeness (QED) is 0.393. The second-order valence-electron chi connectivity index (χ2n) is 5.71. The van der Waals surface area contributed by atoms with Gasteiger partial charge < -0.3 is 14.9 Å². The molecular weight excluding hydrogens is 360 g/mol. The lowest BCUT2D eigenvalue weighted by Crippen LogP contribution is -2.47. The number of esters is 1. The molecule has 0 spiro atoms. The molecule has 0 amide bonds. The minimum absolute atomic E-state index is 0.0267. The molecule has 22 heavy (non-hydrogen) atoms. The first-order chi connectivity index (χ1) is 10.6. The number of carbonyl (C=O) groups is 1. The van der Waals surface area contributed by atoms with Gasteiger partial charge in [0, 0.05) is 23.7 Å². The van der Waals surface area contributed by atoms with Crippen LogP contribution in [0, 0.1) is 0 Å². The number of carbonyl (C=O) groups excluding carboxylic acids is 1. The average Bonchev–Trinajstić information content (AvgIpc) is 2.51. The molecule has 0 aromatic carbocycles. The van der Waals surface area contributed by atoms with Crippen molar-refractivity contribution >= 4 is 49.1 Å². The lowest BCUT2D eigenvalue weighted by atomic mass is 9.92. The van der Waals surface area contributed by atoms with Crippen molar-refractivity contribution in [3.8, 4) is 0 Å². The third-order valence-electron chi connectivity index (χ3n) is 3.83. The topological polar surface area (TPSA) is 66.8 Å². The van der Waals surface area contributed by atoms with Gasteiger partial charge in [-0.1, -0.05) is 45.2 Å². The summed E-state index contributed by atoms with van der Waals surface area (Å²) in [5.74, 6) is 2.20. The van der Waals surface area contributed by atoms with Gasteiger partial charge in [0.25, 0.3) is 0 Å². The molecule has 0 radical (unpaired) electrons. The molecule has 2 rings (SSSR count). The van der Waals surface area contributed by atoms with E-state index < -0.39 is 11.7 Å². The Bertz CT molecular complexity index is 352. The first-order valence-corrected chi connectivity index (χ1v) is 12.6. The Hall–Kier alpha value is 0.790. The van der Waals surface area contributed by atoms with Crippen LogP contribution in [-0.4, -0.2) is 50.6 Å². The Labute approximate surface area is 148 Å². The molecule has 128 valence electrons. The summed E-state index contributed by atoms with van der Waals surface area (Å²) in [5.41, 5.74) is -0.925. The van der Waals surface area contributed by atoms with Gasteiger partial charge in [0.2, 0.25) is 0 Å². The summed E-state index contributed by atoms with van der Waals surface area (Å²) in [6.07, 6.45) is 5.01. The fraction of sp³-hybridized carbons (Fsp3) is 0.929. The number of rotatable bonds is 7. The van der Waals surface area contributed by atoms with Crippen LogP contribution in [0.25, 0.3) is 0 Å². The van der Waals surface area contributed by atoms with Crippen LogP contribution in [0.4, 0.5) is 0 Å². The Kier molecular flexibility index (Phi) is 8.63. The highest BCUT2D eigenvalue weighted by Gasteiger charge is 2.38. The molecule has 1 unspecified atom stereocenters. The van der Waals surface area contributed by atoms with E-state index in [1.807, 2.05) is 0 Å². The maximum atomic E-state index is 11.8. The standard InChI is InChI=1S/C14H24O4S4/c15-11-9-20-21-10-14(11,17)7-3-1-2-5-12(16)18-13-6-4-8-19-22-13/h11,13,15,17H,1-10H2/t11-,13?,14+/m0/s1. The molecule has 0 aromatic heterocycles. The summed E-state index contributed by atoms with van der Waals surface area (Å²) in [6, 6.07) is 0. The molecule has 0 bridgehead atoms. The molecule has 0 aliphatic carbocycles. The van der Waals surface area contributed by atoms with Crippen LogP contribution >= 0.6 is 43.2 Å². The Morgan fingerprint density at radius 3 is 2.82 bits per heavy atom. The molecular formula is C14H24O4S4. The zero-order valence-corrected chi connectivity index (χ0v) is 15.8. The molecule has 0 aromatic rings. The van der Waals surface area contributed by atoms with Gasteiger partial charge in [-0.3, -0.25) is 4.79 Å². The largest absolute Gasteiger partial charge is 0.450 e. The Morgan fingerprint density at radius 1 is 1.23 bits per heavy atom. The van der Waals surface area contributed by atoms with Gasteiger partial charge >= 0.3 is 5.97 Å². The fourth-order valence-corrected chi connectivity index (χ4v) is 7.53. The maximum absolute atomic E-state index is 11.8. The summed E-state index contributed by atoms with van der Waals surface area (Å²) in [6.45, 7) is 0. The number of ether oxygens (including phenoxy) is 1. The van der Waals surface area contributed by atoms with Crippen molar-refractivity contribution in [2.45, 2.75) is 62.1 Å². The smallest absolute Gasteiger partial charge is 0.306 e. The van der Waals surface area contributed by atoms with Gasteiger partial charge in [-0.2, -0.15) is 0 Å². The molecule has 2 fully saturated rings. The van der Waals surface area contributed by atoms with Crippen LogP contribution in [0.5, 0.6) is 0 Å². The summed E-state index contributed by atoms with van der Waals surface area (Å²) < 4.78 is 5.43. The van der Waals surface area contributed by atoms with E-state index in [4.69, 9.17) is 4.74 Å². The molecule has 3 atom stereocenters. The van der Waals surface area contributed by atoms with E-state index in [9.17, 15) is 15.0 Å². The predicted molar refractivity (Wildman–Crippen MR) is 98.1 cm³/mol. The van der Waals surface area contributed by atoms with Gasteiger partial charge in [0.1, 0.15) is 5.60 Å². The predicted octanol–water partition coefficient (Wildman–Crippen LogP) is 3.47. The number of aliphatic hydroxyl groups is 2. The van der Waals surface area contributed by atoms with Crippen molar-refractivity contribution in [2.75, 3.05) is 17.3 Å².